The number of carbonyl (C=O) groups is 2. The van der Waals surface area contributed by atoms with Crippen molar-refractivity contribution in [3.63, 3.8) is 0 Å². The minimum absolute atomic E-state index is 0.0308. The van der Waals surface area contributed by atoms with Crippen molar-refractivity contribution in [1.82, 2.24) is 24.6 Å². The number of piperidine rings is 1. The monoisotopic (exact) mass is 495 g/mol. The second-order valence-corrected chi connectivity index (χ2v) is 9.85. The maximum absolute atomic E-state index is 13.6. The summed E-state index contributed by atoms with van der Waals surface area (Å²) in [6.07, 6.45) is 4.96. The van der Waals surface area contributed by atoms with E-state index in [9.17, 15) is 9.59 Å². The first-order chi connectivity index (χ1) is 18.0. The molecule has 4 aromatic rings. The van der Waals surface area contributed by atoms with Gasteiger partial charge >= 0.3 is 0 Å². The molecule has 6 rings (SSSR count). The standard InChI is InChI=1S/C29H29N5O3/c1-20-8-9-24(29(36)33-17-22-5-2-3-6-23(22)18-33)28(30-20)21-10-13-32(14-11-21)27(35)19-34-15-12-25(31-34)26-7-4-16-37-26/h2-9,12,15-16,21H,10-11,13-14,17-19H2,1H3. The molecule has 0 bridgehead atoms. The van der Waals surface area contributed by atoms with Crippen LogP contribution in [0.3, 0.4) is 0 Å². The van der Waals surface area contributed by atoms with Crippen molar-refractivity contribution in [3.05, 3.63) is 95.1 Å². The number of benzene rings is 1. The van der Waals surface area contributed by atoms with Gasteiger partial charge in [0.1, 0.15) is 12.2 Å². The van der Waals surface area contributed by atoms with E-state index < -0.39 is 0 Å². The van der Waals surface area contributed by atoms with Crippen LogP contribution in [0.25, 0.3) is 11.5 Å². The third-order valence-electron chi connectivity index (χ3n) is 7.37. The quantitative estimate of drug-likeness (QED) is 0.410. The molecule has 0 radical (unpaired) electrons. The fourth-order valence-electron chi connectivity index (χ4n) is 5.36. The van der Waals surface area contributed by atoms with Gasteiger partial charge in [-0.2, -0.15) is 5.10 Å². The average molecular weight is 496 g/mol. The smallest absolute Gasteiger partial charge is 0.256 e. The summed E-state index contributed by atoms with van der Waals surface area (Å²) in [5.41, 5.74) is 5.57. The third-order valence-corrected chi connectivity index (χ3v) is 7.37. The van der Waals surface area contributed by atoms with Crippen molar-refractivity contribution in [1.29, 1.82) is 0 Å². The van der Waals surface area contributed by atoms with Crippen molar-refractivity contribution < 1.29 is 14.0 Å². The predicted molar refractivity (Wildman–Crippen MR) is 137 cm³/mol. The minimum Gasteiger partial charge on any atom is -0.463 e. The van der Waals surface area contributed by atoms with Gasteiger partial charge in [-0.15, -0.1) is 0 Å². The first-order valence-electron chi connectivity index (χ1n) is 12.7. The van der Waals surface area contributed by atoms with Crippen LogP contribution in [-0.2, 0) is 24.4 Å². The lowest BCUT2D eigenvalue weighted by Gasteiger charge is -2.32. The van der Waals surface area contributed by atoms with E-state index in [1.54, 1.807) is 17.1 Å². The van der Waals surface area contributed by atoms with Gasteiger partial charge in [0.2, 0.25) is 5.91 Å². The highest BCUT2D eigenvalue weighted by molar-refractivity contribution is 5.95. The Bertz CT molecular complexity index is 1410. The van der Waals surface area contributed by atoms with Crippen LogP contribution in [0.2, 0.25) is 0 Å². The van der Waals surface area contributed by atoms with Crippen LogP contribution < -0.4 is 0 Å². The van der Waals surface area contributed by atoms with E-state index >= 15 is 0 Å². The Morgan fingerprint density at radius 1 is 0.946 bits per heavy atom. The first-order valence-corrected chi connectivity index (χ1v) is 12.7. The zero-order chi connectivity index (χ0) is 25.4. The molecule has 5 heterocycles. The molecule has 2 aliphatic rings. The molecule has 0 N–H and O–H groups in total. The summed E-state index contributed by atoms with van der Waals surface area (Å²) >= 11 is 0. The molecule has 0 aliphatic carbocycles. The summed E-state index contributed by atoms with van der Waals surface area (Å²) in [6, 6.07) is 17.6. The van der Waals surface area contributed by atoms with E-state index in [1.807, 2.05) is 59.2 Å². The van der Waals surface area contributed by atoms with Gasteiger partial charge in [-0.3, -0.25) is 19.3 Å². The molecule has 2 aliphatic heterocycles. The zero-order valence-corrected chi connectivity index (χ0v) is 20.8. The van der Waals surface area contributed by atoms with Gasteiger partial charge in [-0.1, -0.05) is 24.3 Å². The van der Waals surface area contributed by atoms with Crippen LogP contribution in [0, 0.1) is 6.92 Å². The van der Waals surface area contributed by atoms with E-state index in [0.717, 1.165) is 24.2 Å². The molecule has 1 aromatic carbocycles. The Morgan fingerprint density at radius 2 is 1.70 bits per heavy atom. The topological polar surface area (TPSA) is 84.5 Å². The number of hydrogen-bond acceptors (Lipinski definition) is 5. The molecule has 0 saturated carbocycles. The summed E-state index contributed by atoms with van der Waals surface area (Å²) in [6.45, 7) is 4.67. The molecule has 1 fully saturated rings. The van der Waals surface area contributed by atoms with Crippen molar-refractivity contribution in [3.8, 4) is 11.5 Å². The molecule has 3 aromatic heterocycles. The van der Waals surface area contributed by atoms with Gasteiger partial charge in [0.15, 0.2) is 5.76 Å². The number of likely N-dealkylation sites (tertiary alicyclic amines) is 1. The van der Waals surface area contributed by atoms with Crippen LogP contribution in [0.15, 0.2) is 71.5 Å². The maximum atomic E-state index is 13.6. The molecule has 0 unspecified atom stereocenters. The minimum atomic E-state index is 0.0308. The van der Waals surface area contributed by atoms with Crippen molar-refractivity contribution in [2.75, 3.05) is 13.1 Å². The molecule has 8 nitrogen and oxygen atoms in total. The normalized spacial score (nSPS) is 15.7. The van der Waals surface area contributed by atoms with E-state index in [1.165, 1.54) is 11.1 Å². The average Bonchev–Trinajstić information content (AvgIpc) is 3.69. The molecule has 8 heteroatoms. The molecular formula is C29H29N5O3. The highest BCUT2D eigenvalue weighted by Crippen LogP contribution is 2.32. The Labute approximate surface area is 215 Å². The van der Waals surface area contributed by atoms with Crippen LogP contribution in [0.5, 0.6) is 0 Å². The number of amides is 2. The number of aryl methyl sites for hydroxylation is 1. The van der Waals surface area contributed by atoms with Gasteiger partial charge in [0, 0.05) is 44.0 Å². The molecule has 188 valence electrons. The van der Waals surface area contributed by atoms with Gasteiger partial charge in [0.25, 0.3) is 5.91 Å². The maximum Gasteiger partial charge on any atom is 0.256 e. The number of carbonyl (C=O) groups excluding carboxylic acids is 2. The SMILES string of the molecule is Cc1ccc(C(=O)N2Cc3ccccc3C2)c(C2CCN(C(=O)Cn3ccc(-c4ccco4)n3)CC2)n1. The van der Waals surface area contributed by atoms with Gasteiger partial charge in [-0.05, 0) is 61.2 Å². The number of rotatable bonds is 5. The van der Waals surface area contributed by atoms with Crippen LogP contribution in [-0.4, -0.2) is 49.5 Å². The Kier molecular flexibility index (Phi) is 6.08. The lowest BCUT2D eigenvalue weighted by molar-refractivity contribution is -0.133. The molecule has 37 heavy (non-hydrogen) atoms. The number of nitrogens with zero attached hydrogens (tertiary/aromatic N) is 5. The van der Waals surface area contributed by atoms with Gasteiger partial charge in [-0.25, -0.2) is 0 Å². The van der Waals surface area contributed by atoms with Crippen LogP contribution >= 0.6 is 0 Å². The Morgan fingerprint density at radius 3 is 2.41 bits per heavy atom. The lowest BCUT2D eigenvalue weighted by Crippen LogP contribution is -2.40. The summed E-state index contributed by atoms with van der Waals surface area (Å²) in [5, 5.41) is 4.47. The van der Waals surface area contributed by atoms with E-state index in [-0.39, 0.29) is 24.3 Å². The van der Waals surface area contributed by atoms with Crippen molar-refractivity contribution >= 4 is 11.8 Å². The number of pyridine rings is 1. The largest absolute Gasteiger partial charge is 0.463 e. The molecule has 0 spiro atoms. The highest BCUT2D eigenvalue weighted by atomic mass is 16.3. The second kappa shape index (κ2) is 9.69. The van der Waals surface area contributed by atoms with Crippen molar-refractivity contribution in [2.45, 2.75) is 45.3 Å². The summed E-state index contributed by atoms with van der Waals surface area (Å²) in [4.78, 5) is 35.2. The van der Waals surface area contributed by atoms with E-state index in [4.69, 9.17) is 9.40 Å². The molecule has 2 amide bonds. The molecule has 1 saturated heterocycles. The fraction of sp³-hybridized carbons (Fsp3) is 0.310. The number of fused-ring (bicyclic) bond motifs is 1. The van der Waals surface area contributed by atoms with Crippen LogP contribution in [0.1, 0.15) is 51.6 Å². The predicted octanol–water partition coefficient (Wildman–Crippen LogP) is 4.41. The Hall–Kier alpha value is -4.20. The highest BCUT2D eigenvalue weighted by Gasteiger charge is 2.31. The number of furan rings is 1. The second-order valence-electron chi connectivity index (χ2n) is 9.85. The van der Waals surface area contributed by atoms with E-state index in [2.05, 4.69) is 17.2 Å². The van der Waals surface area contributed by atoms with Gasteiger partial charge in [0.05, 0.1) is 17.5 Å². The molecular weight excluding hydrogens is 466 g/mol. The third kappa shape index (κ3) is 4.67. The summed E-state index contributed by atoms with van der Waals surface area (Å²) < 4.78 is 7.04. The molecule has 0 atom stereocenters. The summed E-state index contributed by atoms with van der Waals surface area (Å²) in [7, 11) is 0. The summed E-state index contributed by atoms with van der Waals surface area (Å²) in [5.74, 6) is 0.892. The van der Waals surface area contributed by atoms with Crippen LogP contribution in [0.4, 0.5) is 0 Å². The van der Waals surface area contributed by atoms with E-state index in [0.29, 0.717) is 43.2 Å². The fourth-order valence-corrected chi connectivity index (χ4v) is 5.36. The van der Waals surface area contributed by atoms with Gasteiger partial charge < -0.3 is 14.2 Å². The lowest BCUT2D eigenvalue weighted by atomic mass is 9.89. The first kappa shape index (κ1) is 23.2. The number of aromatic nitrogens is 3. The zero-order valence-electron chi connectivity index (χ0n) is 20.8. The Balaban J connectivity index is 1.11. The van der Waals surface area contributed by atoms with Crippen molar-refractivity contribution in [2.24, 2.45) is 0 Å². The number of hydrogen-bond donors (Lipinski definition) is 0.